The molecule has 1 aromatic rings. The van der Waals surface area contributed by atoms with E-state index in [0.29, 0.717) is 12.6 Å². The Morgan fingerprint density at radius 1 is 1.53 bits per heavy atom. The minimum absolute atomic E-state index is 0.00634. The molecule has 2 rings (SSSR count). The zero-order valence-electron chi connectivity index (χ0n) is 10.4. The highest BCUT2D eigenvalue weighted by Gasteiger charge is 2.30. The van der Waals surface area contributed by atoms with Gasteiger partial charge in [0.25, 0.3) is 0 Å². The van der Waals surface area contributed by atoms with Crippen molar-refractivity contribution >= 4 is 5.95 Å². The number of aliphatic hydroxyl groups is 1. The number of hydrogen-bond donors (Lipinski definition) is 1. The van der Waals surface area contributed by atoms with Gasteiger partial charge >= 0.3 is 0 Å². The lowest BCUT2D eigenvalue weighted by atomic mass is 10.2. The summed E-state index contributed by atoms with van der Waals surface area (Å²) in [5.74, 6) is 0.749. The van der Waals surface area contributed by atoms with Gasteiger partial charge in [0.1, 0.15) is 0 Å². The van der Waals surface area contributed by atoms with Gasteiger partial charge in [0, 0.05) is 37.2 Å². The third-order valence-corrected chi connectivity index (χ3v) is 3.02. The van der Waals surface area contributed by atoms with E-state index in [4.69, 9.17) is 9.84 Å². The van der Waals surface area contributed by atoms with E-state index < -0.39 is 0 Å². The minimum atomic E-state index is -0.00634. The summed E-state index contributed by atoms with van der Waals surface area (Å²) in [6.07, 6.45) is 4.11. The van der Waals surface area contributed by atoms with Gasteiger partial charge in [-0.05, 0) is 19.8 Å². The smallest absolute Gasteiger partial charge is 0.225 e. The second-order valence-corrected chi connectivity index (χ2v) is 4.36. The summed E-state index contributed by atoms with van der Waals surface area (Å²) in [4.78, 5) is 11.0. The molecule has 1 saturated carbocycles. The molecule has 0 unspecified atom stereocenters. The Labute approximate surface area is 101 Å². The van der Waals surface area contributed by atoms with Gasteiger partial charge in [0.05, 0.1) is 13.2 Å². The largest absolute Gasteiger partial charge is 0.392 e. The lowest BCUT2D eigenvalue weighted by Gasteiger charge is -2.22. The Hall–Kier alpha value is -1.20. The maximum Gasteiger partial charge on any atom is 0.225 e. The molecule has 0 aromatic carbocycles. The molecule has 0 atom stereocenters. The fourth-order valence-electron chi connectivity index (χ4n) is 1.80. The summed E-state index contributed by atoms with van der Waals surface area (Å²) in [6.45, 7) is 3.39. The van der Waals surface area contributed by atoms with Gasteiger partial charge in [-0.1, -0.05) is 0 Å². The molecule has 1 heterocycles. The molecule has 1 aromatic heterocycles. The van der Waals surface area contributed by atoms with E-state index in [2.05, 4.69) is 14.9 Å². The lowest BCUT2D eigenvalue weighted by Crippen LogP contribution is -2.31. The number of aryl methyl sites for hydroxylation is 1. The second-order valence-electron chi connectivity index (χ2n) is 4.36. The highest BCUT2D eigenvalue weighted by Crippen LogP contribution is 2.29. The van der Waals surface area contributed by atoms with E-state index in [1.165, 1.54) is 12.8 Å². The highest BCUT2D eigenvalue weighted by molar-refractivity contribution is 5.36. The predicted octanol–water partition coefficient (Wildman–Crippen LogP) is 0.893. The van der Waals surface area contributed by atoms with Crippen molar-refractivity contribution in [1.82, 2.24) is 9.97 Å². The normalized spacial score (nSPS) is 15.0. The standard InChI is InChI=1S/C12H19N3O2/c1-9-10(8-16)7-13-12(14-9)15(5-6-17-2)11-3-4-11/h7,11,16H,3-6,8H2,1-2H3. The maximum absolute atomic E-state index is 9.10. The molecular formula is C12H19N3O2. The van der Waals surface area contributed by atoms with Crippen LogP contribution in [0.4, 0.5) is 5.95 Å². The van der Waals surface area contributed by atoms with Gasteiger partial charge in [-0.2, -0.15) is 0 Å². The molecule has 5 nitrogen and oxygen atoms in total. The molecule has 0 aliphatic heterocycles. The molecular weight excluding hydrogens is 218 g/mol. The number of aromatic nitrogens is 2. The molecule has 1 fully saturated rings. The van der Waals surface area contributed by atoms with Crippen molar-refractivity contribution in [2.75, 3.05) is 25.2 Å². The number of anilines is 1. The number of aliphatic hydroxyl groups excluding tert-OH is 1. The van der Waals surface area contributed by atoms with Crippen LogP contribution in [0, 0.1) is 6.92 Å². The first-order valence-corrected chi connectivity index (χ1v) is 5.95. The van der Waals surface area contributed by atoms with Crippen molar-refractivity contribution in [2.45, 2.75) is 32.4 Å². The SMILES string of the molecule is COCCN(c1ncc(CO)c(C)n1)C1CC1. The van der Waals surface area contributed by atoms with Gasteiger partial charge in [0.15, 0.2) is 0 Å². The van der Waals surface area contributed by atoms with Crippen molar-refractivity contribution < 1.29 is 9.84 Å². The quantitative estimate of drug-likeness (QED) is 0.796. The van der Waals surface area contributed by atoms with Crippen molar-refractivity contribution in [2.24, 2.45) is 0 Å². The number of ether oxygens (including phenoxy) is 1. The van der Waals surface area contributed by atoms with E-state index in [-0.39, 0.29) is 6.61 Å². The van der Waals surface area contributed by atoms with Crippen LogP contribution in [-0.2, 0) is 11.3 Å². The summed E-state index contributed by atoms with van der Waals surface area (Å²) in [5.41, 5.74) is 1.64. The van der Waals surface area contributed by atoms with E-state index >= 15 is 0 Å². The van der Waals surface area contributed by atoms with Gasteiger partial charge in [-0.3, -0.25) is 0 Å². The van der Waals surface area contributed by atoms with Crippen LogP contribution in [0.15, 0.2) is 6.20 Å². The monoisotopic (exact) mass is 237 g/mol. The summed E-state index contributed by atoms with van der Waals surface area (Å²) in [7, 11) is 1.70. The number of methoxy groups -OCH3 is 1. The number of rotatable bonds is 6. The van der Waals surface area contributed by atoms with Gasteiger partial charge in [-0.25, -0.2) is 9.97 Å². The Kier molecular flexibility index (Phi) is 3.91. The maximum atomic E-state index is 9.10. The van der Waals surface area contributed by atoms with Crippen molar-refractivity contribution in [3.05, 3.63) is 17.5 Å². The fraction of sp³-hybridized carbons (Fsp3) is 0.667. The van der Waals surface area contributed by atoms with E-state index in [0.717, 1.165) is 23.8 Å². The average molecular weight is 237 g/mol. The highest BCUT2D eigenvalue weighted by atomic mass is 16.5. The molecule has 0 amide bonds. The molecule has 0 radical (unpaired) electrons. The van der Waals surface area contributed by atoms with Crippen molar-refractivity contribution in [3.63, 3.8) is 0 Å². The molecule has 1 N–H and O–H groups in total. The van der Waals surface area contributed by atoms with E-state index in [1.807, 2.05) is 6.92 Å². The lowest BCUT2D eigenvalue weighted by molar-refractivity contribution is 0.204. The summed E-state index contributed by atoms with van der Waals surface area (Å²) >= 11 is 0. The van der Waals surface area contributed by atoms with Gasteiger partial charge in [0.2, 0.25) is 5.95 Å². The molecule has 0 saturated heterocycles. The third-order valence-electron chi connectivity index (χ3n) is 3.02. The zero-order chi connectivity index (χ0) is 12.3. The van der Waals surface area contributed by atoms with Crippen molar-refractivity contribution in [1.29, 1.82) is 0 Å². The Bertz CT molecular complexity index is 380. The molecule has 0 spiro atoms. The molecule has 17 heavy (non-hydrogen) atoms. The van der Waals surface area contributed by atoms with Crippen LogP contribution < -0.4 is 4.90 Å². The van der Waals surface area contributed by atoms with Crippen LogP contribution in [-0.4, -0.2) is 41.4 Å². The van der Waals surface area contributed by atoms with Gasteiger partial charge < -0.3 is 14.7 Å². The topological polar surface area (TPSA) is 58.5 Å². The first kappa shape index (κ1) is 12.3. The van der Waals surface area contributed by atoms with E-state index in [9.17, 15) is 0 Å². The van der Waals surface area contributed by atoms with Crippen molar-refractivity contribution in [3.8, 4) is 0 Å². The molecule has 1 aliphatic carbocycles. The fourth-order valence-corrected chi connectivity index (χ4v) is 1.80. The zero-order valence-corrected chi connectivity index (χ0v) is 10.4. The van der Waals surface area contributed by atoms with Crippen LogP contribution in [0.5, 0.6) is 0 Å². The van der Waals surface area contributed by atoms with Crippen LogP contribution in [0.25, 0.3) is 0 Å². The van der Waals surface area contributed by atoms with Crippen LogP contribution >= 0.6 is 0 Å². The second kappa shape index (κ2) is 5.42. The summed E-state index contributed by atoms with van der Waals surface area (Å²) < 4.78 is 5.11. The average Bonchev–Trinajstić information content (AvgIpc) is 3.14. The Morgan fingerprint density at radius 3 is 2.82 bits per heavy atom. The van der Waals surface area contributed by atoms with Crippen LogP contribution in [0.3, 0.4) is 0 Å². The predicted molar refractivity (Wildman–Crippen MR) is 64.9 cm³/mol. The summed E-state index contributed by atoms with van der Waals surface area (Å²) in [5, 5.41) is 9.10. The molecule has 5 heteroatoms. The van der Waals surface area contributed by atoms with Crippen LogP contribution in [0.1, 0.15) is 24.1 Å². The number of nitrogens with zero attached hydrogens (tertiary/aromatic N) is 3. The Morgan fingerprint density at radius 2 is 2.29 bits per heavy atom. The van der Waals surface area contributed by atoms with Gasteiger partial charge in [-0.15, -0.1) is 0 Å². The first-order chi connectivity index (χ1) is 8.26. The molecule has 94 valence electrons. The third kappa shape index (κ3) is 2.92. The molecule has 0 bridgehead atoms. The number of hydrogen-bond acceptors (Lipinski definition) is 5. The van der Waals surface area contributed by atoms with E-state index in [1.54, 1.807) is 13.3 Å². The minimum Gasteiger partial charge on any atom is -0.392 e. The molecule has 1 aliphatic rings. The summed E-state index contributed by atoms with van der Waals surface area (Å²) in [6, 6.07) is 0.560. The first-order valence-electron chi connectivity index (χ1n) is 5.95. The Balaban J connectivity index is 2.14. The van der Waals surface area contributed by atoms with Crippen LogP contribution in [0.2, 0.25) is 0 Å².